The maximum Gasteiger partial charge on any atom is 0.336 e. The van der Waals surface area contributed by atoms with Crippen LogP contribution in [0.3, 0.4) is 0 Å². The van der Waals surface area contributed by atoms with Crippen molar-refractivity contribution in [2.45, 2.75) is 4.90 Å². The van der Waals surface area contributed by atoms with Gasteiger partial charge in [0.2, 0.25) is 0 Å². The van der Waals surface area contributed by atoms with E-state index >= 15 is 0 Å². The summed E-state index contributed by atoms with van der Waals surface area (Å²) in [5, 5.41) is 17.1. The van der Waals surface area contributed by atoms with Gasteiger partial charge in [-0.1, -0.05) is 0 Å². The van der Waals surface area contributed by atoms with Gasteiger partial charge in [-0.05, 0) is 34.1 Å². The van der Waals surface area contributed by atoms with Gasteiger partial charge < -0.3 is 5.11 Å². The highest BCUT2D eigenvalue weighted by Crippen LogP contribution is 2.21. The van der Waals surface area contributed by atoms with E-state index in [1.165, 1.54) is 18.2 Å². The zero-order valence-corrected chi connectivity index (χ0v) is 10.2. The first-order valence-electron chi connectivity index (χ1n) is 4.01. The van der Waals surface area contributed by atoms with Crippen molar-refractivity contribution in [1.29, 1.82) is 5.26 Å². The van der Waals surface area contributed by atoms with Gasteiger partial charge in [-0.15, -0.1) is 0 Å². The molecule has 0 aliphatic rings. The van der Waals surface area contributed by atoms with Crippen molar-refractivity contribution in [2.24, 2.45) is 0 Å². The fourth-order valence-electron chi connectivity index (χ4n) is 1.03. The molecule has 7 heteroatoms. The summed E-state index contributed by atoms with van der Waals surface area (Å²) in [4.78, 5) is 10.6. The van der Waals surface area contributed by atoms with Crippen molar-refractivity contribution < 1.29 is 18.3 Å². The average Bonchev–Trinajstić information content (AvgIpc) is 2.17. The number of nitrogens with zero attached hydrogens (tertiary/aromatic N) is 1. The van der Waals surface area contributed by atoms with Crippen molar-refractivity contribution in [3.05, 3.63) is 28.2 Å². The van der Waals surface area contributed by atoms with Crippen molar-refractivity contribution >= 4 is 31.7 Å². The fraction of sp³-hybridized carbons (Fsp3) is 0.111. The summed E-state index contributed by atoms with van der Waals surface area (Å²) in [6, 6.07) is 5.13. The molecule has 0 amide bonds. The summed E-state index contributed by atoms with van der Waals surface area (Å²) in [7, 11) is -3.73. The van der Waals surface area contributed by atoms with Crippen LogP contribution in [0.1, 0.15) is 10.4 Å². The second kappa shape index (κ2) is 4.63. The molecule has 0 unspecified atom stereocenters. The molecule has 0 saturated carbocycles. The molecule has 1 aromatic rings. The molecule has 0 saturated heterocycles. The van der Waals surface area contributed by atoms with Crippen LogP contribution in [0.2, 0.25) is 0 Å². The molecule has 0 aliphatic heterocycles. The minimum Gasteiger partial charge on any atom is -0.478 e. The highest BCUT2D eigenvalue weighted by molar-refractivity contribution is 9.10. The van der Waals surface area contributed by atoms with Crippen molar-refractivity contribution in [1.82, 2.24) is 0 Å². The number of hydrogen-bond donors (Lipinski definition) is 1. The second-order valence-electron chi connectivity index (χ2n) is 2.86. The lowest BCUT2D eigenvalue weighted by Crippen LogP contribution is -2.07. The number of aromatic carboxylic acids is 1. The number of carboxylic acids is 1. The number of carbonyl (C=O) groups is 1. The Hall–Kier alpha value is -1.39. The lowest BCUT2D eigenvalue weighted by Gasteiger charge is -2.03. The molecule has 0 aromatic heterocycles. The second-order valence-corrected chi connectivity index (χ2v) is 5.71. The molecule has 16 heavy (non-hydrogen) atoms. The molecule has 1 rings (SSSR count). The fourth-order valence-corrected chi connectivity index (χ4v) is 2.36. The lowest BCUT2D eigenvalue weighted by atomic mass is 10.2. The zero-order chi connectivity index (χ0) is 12.3. The van der Waals surface area contributed by atoms with Crippen LogP contribution in [0.25, 0.3) is 0 Å². The number of rotatable bonds is 3. The Morgan fingerprint density at radius 3 is 2.62 bits per heavy atom. The van der Waals surface area contributed by atoms with E-state index in [1.54, 1.807) is 0 Å². The molecule has 1 N–H and O–H groups in total. The van der Waals surface area contributed by atoms with Gasteiger partial charge in [0, 0.05) is 4.47 Å². The third-order valence-corrected chi connectivity index (χ3v) is 3.95. The summed E-state index contributed by atoms with van der Waals surface area (Å²) in [6.07, 6.45) is 0. The molecule has 0 spiro atoms. The Morgan fingerprint density at radius 2 is 2.12 bits per heavy atom. The number of halogens is 1. The van der Waals surface area contributed by atoms with Gasteiger partial charge >= 0.3 is 5.97 Å². The molecule has 0 heterocycles. The molecule has 0 fully saturated rings. The predicted molar refractivity (Wildman–Crippen MR) is 58.8 cm³/mol. The van der Waals surface area contributed by atoms with E-state index in [4.69, 9.17) is 10.4 Å². The van der Waals surface area contributed by atoms with Crippen LogP contribution in [0.4, 0.5) is 0 Å². The van der Waals surface area contributed by atoms with Crippen molar-refractivity contribution in [2.75, 3.05) is 5.75 Å². The van der Waals surface area contributed by atoms with Gasteiger partial charge in [-0.2, -0.15) is 5.26 Å². The van der Waals surface area contributed by atoms with Gasteiger partial charge in [0.1, 0.15) is 5.75 Å². The molecule has 84 valence electrons. The van der Waals surface area contributed by atoms with Gasteiger partial charge in [0.25, 0.3) is 0 Å². The van der Waals surface area contributed by atoms with E-state index in [-0.39, 0.29) is 14.9 Å². The third-order valence-electron chi connectivity index (χ3n) is 1.78. The number of benzene rings is 1. The van der Waals surface area contributed by atoms with Gasteiger partial charge in [0.15, 0.2) is 9.84 Å². The average molecular weight is 304 g/mol. The normalized spacial score (nSPS) is 10.8. The molecule has 0 radical (unpaired) electrons. The van der Waals surface area contributed by atoms with Crippen LogP contribution in [0.15, 0.2) is 27.6 Å². The minimum absolute atomic E-state index is 0.154. The van der Waals surface area contributed by atoms with Gasteiger partial charge in [0.05, 0.1) is 16.5 Å². The zero-order valence-electron chi connectivity index (χ0n) is 7.84. The standard InChI is InChI=1S/C9H6BrNO4S/c10-8-2-1-6(5-7(8)9(12)13)16(14,15)4-3-11/h1-2,5H,4H2,(H,12,13). The molecule has 0 bridgehead atoms. The smallest absolute Gasteiger partial charge is 0.336 e. The minimum atomic E-state index is -3.73. The summed E-state index contributed by atoms with van der Waals surface area (Å²) in [5.41, 5.74) is -0.154. The lowest BCUT2D eigenvalue weighted by molar-refractivity contribution is 0.0695. The molecule has 1 aromatic carbocycles. The number of sulfone groups is 1. The van der Waals surface area contributed by atoms with Crippen LogP contribution >= 0.6 is 15.9 Å². The van der Waals surface area contributed by atoms with Crippen LogP contribution in [0.5, 0.6) is 0 Å². The Morgan fingerprint density at radius 1 is 1.50 bits per heavy atom. The van der Waals surface area contributed by atoms with Crippen LogP contribution < -0.4 is 0 Å². The maximum absolute atomic E-state index is 11.5. The van der Waals surface area contributed by atoms with Crippen molar-refractivity contribution in [3.63, 3.8) is 0 Å². The first-order valence-corrected chi connectivity index (χ1v) is 6.45. The Bertz CT molecular complexity index is 574. The summed E-state index contributed by atoms with van der Waals surface area (Å²) in [6.45, 7) is 0. The molecule has 0 aliphatic carbocycles. The van der Waals surface area contributed by atoms with E-state index in [0.717, 1.165) is 6.07 Å². The Kier molecular flexibility index (Phi) is 3.67. The number of hydrogen-bond acceptors (Lipinski definition) is 4. The van der Waals surface area contributed by atoms with Crippen LogP contribution in [-0.4, -0.2) is 25.2 Å². The van der Waals surface area contributed by atoms with E-state index in [2.05, 4.69) is 15.9 Å². The first kappa shape index (κ1) is 12.7. The summed E-state index contributed by atoms with van der Waals surface area (Å²) < 4.78 is 23.3. The third kappa shape index (κ3) is 2.59. The largest absolute Gasteiger partial charge is 0.478 e. The van der Waals surface area contributed by atoms with Gasteiger partial charge in [-0.25, -0.2) is 13.2 Å². The van der Waals surface area contributed by atoms with E-state index in [1.807, 2.05) is 0 Å². The predicted octanol–water partition coefficient (Wildman–Crippen LogP) is 1.44. The SMILES string of the molecule is N#CCS(=O)(=O)c1ccc(Br)c(C(=O)O)c1. The summed E-state index contributed by atoms with van der Waals surface area (Å²) in [5.74, 6) is -1.91. The molecule has 5 nitrogen and oxygen atoms in total. The van der Waals surface area contributed by atoms with Crippen LogP contribution in [0, 0.1) is 11.3 Å². The Labute approximate surface area is 100 Å². The summed E-state index contributed by atoms with van der Waals surface area (Å²) >= 11 is 3.00. The topological polar surface area (TPSA) is 95.2 Å². The quantitative estimate of drug-likeness (QED) is 0.911. The van der Waals surface area contributed by atoms with Crippen LogP contribution in [-0.2, 0) is 9.84 Å². The number of nitriles is 1. The molecular weight excluding hydrogens is 298 g/mol. The maximum atomic E-state index is 11.5. The van der Waals surface area contributed by atoms with Gasteiger partial charge in [-0.3, -0.25) is 0 Å². The monoisotopic (exact) mass is 303 g/mol. The van der Waals surface area contributed by atoms with Crippen molar-refractivity contribution in [3.8, 4) is 6.07 Å². The highest BCUT2D eigenvalue weighted by Gasteiger charge is 2.17. The molecular formula is C9H6BrNO4S. The Balaban J connectivity index is 3.35. The molecule has 0 atom stereocenters. The highest BCUT2D eigenvalue weighted by atomic mass is 79.9. The van der Waals surface area contributed by atoms with E-state index in [0.29, 0.717) is 0 Å². The van der Waals surface area contributed by atoms with E-state index in [9.17, 15) is 13.2 Å². The van der Waals surface area contributed by atoms with E-state index < -0.39 is 21.6 Å². The first-order chi connectivity index (χ1) is 7.38. The number of carboxylic acid groups (broad SMARTS) is 1.